The molecule has 8 nitrogen and oxygen atoms in total. The highest BCUT2D eigenvalue weighted by Crippen LogP contribution is 2.41. The maximum Gasteiger partial charge on any atom is 0.250 e. The summed E-state index contributed by atoms with van der Waals surface area (Å²) in [6.07, 6.45) is 1.13. The van der Waals surface area contributed by atoms with Gasteiger partial charge < -0.3 is 15.4 Å². The zero-order valence-electron chi connectivity index (χ0n) is 18.8. The number of aromatic nitrogens is 2. The smallest absolute Gasteiger partial charge is 0.250 e. The van der Waals surface area contributed by atoms with E-state index in [-0.39, 0.29) is 11.1 Å². The molecule has 0 spiro atoms. The van der Waals surface area contributed by atoms with Gasteiger partial charge in [-0.25, -0.2) is 12.4 Å². The number of aryl methyl sites for hydroxylation is 2. The van der Waals surface area contributed by atoms with Crippen LogP contribution in [0.15, 0.2) is 34.9 Å². The quantitative estimate of drug-likeness (QED) is 0.460. The van der Waals surface area contributed by atoms with Gasteiger partial charge in [0.25, 0.3) is 5.91 Å². The van der Waals surface area contributed by atoms with Crippen LogP contribution in [0.1, 0.15) is 54.1 Å². The van der Waals surface area contributed by atoms with Crippen LogP contribution in [0.4, 0.5) is 0 Å². The van der Waals surface area contributed by atoms with Gasteiger partial charge in [0.05, 0.1) is 33.1 Å². The average Bonchev–Trinajstić information content (AvgIpc) is 3.47. The molecule has 2 aromatic carbocycles. The second kappa shape index (κ2) is 6.91. The van der Waals surface area contributed by atoms with Crippen molar-refractivity contribution in [3.8, 4) is 11.1 Å². The van der Waals surface area contributed by atoms with Gasteiger partial charge in [-0.1, -0.05) is 17.3 Å². The van der Waals surface area contributed by atoms with Crippen molar-refractivity contribution in [2.45, 2.75) is 51.4 Å². The molecule has 3 N–H and O–H groups in total. The lowest BCUT2D eigenvalue weighted by molar-refractivity contribution is 0.0787. The van der Waals surface area contributed by atoms with Crippen LogP contribution in [0.3, 0.4) is 0 Å². The molecule has 0 atom stereocenters. The number of fused-ring (bicyclic) bond motifs is 3. The molecule has 2 heterocycles. The number of carbonyl (C=O) groups is 1. The van der Waals surface area contributed by atoms with Crippen LogP contribution in [0.5, 0.6) is 0 Å². The molecule has 2 aromatic heterocycles. The first-order valence-electron chi connectivity index (χ1n) is 10.7. The van der Waals surface area contributed by atoms with E-state index in [9.17, 15) is 18.3 Å². The first kappa shape index (κ1) is 21.7. The van der Waals surface area contributed by atoms with Crippen molar-refractivity contribution in [1.82, 2.24) is 9.13 Å². The number of benzene rings is 2. The average molecular weight is 468 g/mol. The molecule has 0 unspecified atom stereocenters. The van der Waals surface area contributed by atoms with Crippen LogP contribution in [0, 0.1) is 13.8 Å². The number of nitrogens with zero attached hydrogens (tertiary/aromatic N) is 2. The molecule has 5 rings (SSSR count). The van der Waals surface area contributed by atoms with Gasteiger partial charge in [0.2, 0.25) is 10.0 Å². The normalized spacial score (nSPS) is 14.9. The summed E-state index contributed by atoms with van der Waals surface area (Å²) in [7, 11) is -3.78. The predicted molar refractivity (Wildman–Crippen MR) is 126 cm³/mol. The Kier molecular flexibility index (Phi) is 4.54. The highest BCUT2D eigenvalue weighted by atomic mass is 32.2. The van der Waals surface area contributed by atoms with Crippen molar-refractivity contribution in [1.29, 1.82) is 0 Å². The number of rotatable bonds is 5. The lowest BCUT2D eigenvalue weighted by Gasteiger charge is -2.18. The molecule has 4 aromatic rings. The molecular formula is C24H25N3O5S. The van der Waals surface area contributed by atoms with Crippen LogP contribution < -0.4 is 5.73 Å². The van der Waals surface area contributed by atoms with Gasteiger partial charge in [0.1, 0.15) is 5.76 Å². The highest BCUT2D eigenvalue weighted by molar-refractivity contribution is 7.91. The van der Waals surface area contributed by atoms with E-state index in [2.05, 4.69) is 5.16 Å². The molecular weight excluding hydrogens is 442 g/mol. The van der Waals surface area contributed by atoms with E-state index >= 15 is 0 Å². The Morgan fingerprint density at radius 2 is 1.88 bits per heavy atom. The zero-order valence-corrected chi connectivity index (χ0v) is 19.7. The number of nitrogens with two attached hydrogens (primary N) is 1. The number of hydrogen-bond acceptors (Lipinski definition) is 6. The minimum absolute atomic E-state index is 0.104. The Labute approximate surface area is 191 Å². The second-order valence-corrected chi connectivity index (χ2v) is 11.3. The Morgan fingerprint density at radius 1 is 1.18 bits per heavy atom. The SMILES string of the molecule is Cc1noc(C)c1-c1cc(C(N)=O)c2c(c1)c1ccc(C(C)(C)O)cc1n2S(=O)(=O)C1CC1. The largest absolute Gasteiger partial charge is 0.386 e. The summed E-state index contributed by atoms with van der Waals surface area (Å²) >= 11 is 0. The van der Waals surface area contributed by atoms with Gasteiger partial charge in [0.15, 0.2) is 0 Å². The first-order chi connectivity index (χ1) is 15.4. The third kappa shape index (κ3) is 3.26. The fraction of sp³-hybridized carbons (Fsp3) is 0.333. The summed E-state index contributed by atoms with van der Waals surface area (Å²) in [5, 5.41) is 15.3. The molecule has 0 bridgehead atoms. The number of carbonyl (C=O) groups excluding carboxylic acids is 1. The van der Waals surface area contributed by atoms with E-state index in [1.165, 1.54) is 3.97 Å². The maximum atomic E-state index is 13.6. The molecule has 0 radical (unpaired) electrons. The third-order valence-electron chi connectivity index (χ3n) is 6.31. The van der Waals surface area contributed by atoms with E-state index in [0.717, 1.165) is 5.56 Å². The van der Waals surface area contributed by atoms with Crippen molar-refractivity contribution in [3.63, 3.8) is 0 Å². The fourth-order valence-corrected chi connectivity index (χ4v) is 6.40. The molecule has 0 aliphatic heterocycles. The summed E-state index contributed by atoms with van der Waals surface area (Å²) in [4.78, 5) is 12.6. The second-order valence-electron chi connectivity index (χ2n) is 9.28. The number of hydrogen-bond donors (Lipinski definition) is 2. The highest BCUT2D eigenvalue weighted by Gasteiger charge is 2.39. The topological polar surface area (TPSA) is 128 Å². The fourth-order valence-electron chi connectivity index (χ4n) is 4.49. The minimum atomic E-state index is -3.78. The number of aliphatic hydroxyl groups is 1. The molecule has 33 heavy (non-hydrogen) atoms. The van der Waals surface area contributed by atoms with Gasteiger partial charge >= 0.3 is 0 Å². The monoisotopic (exact) mass is 467 g/mol. The van der Waals surface area contributed by atoms with Gasteiger partial charge in [-0.05, 0) is 69.9 Å². The van der Waals surface area contributed by atoms with E-state index in [1.807, 2.05) is 6.07 Å². The number of amides is 1. The molecule has 1 fully saturated rings. The van der Waals surface area contributed by atoms with Crippen LogP contribution in [0.25, 0.3) is 32.9 Å². The summed E-state index contributed by atoms with van der Waals surface area (Å²) in [5.41, 5.74) is 8.00. The minimum Gasteiger partial charge on any atom is -0.386 e. The van der Waals surface area contributed by atoms with E-state index in [0.29, 0.717) is 51.7 Å². The predicted octanol–water partition coefficient (Wildman–Crippen LogP) is 3.73. The summed E-state index contributed by atoms with van der Waals surface area (Å²) in [5.74, 6) is -0.146. The zero-order chi connectivity index (χ0) is 23.9. The molecule has 0 saturated heterocycles. The van der Waals surface area contributed by atoms with Crippen LogP contribution in [-0.4, -0.2) is 33.8 Å². The van der Waals surface area contributed by atoms with Gasteiger partial charge in [-0.15, -0.1) is 0 Å². The van der Waals surface area contributed by atoms with Gasteiger partial charge in [-0.3, -0.25) is 4.79 Å². The molecule has 172 valence electrons. The standard InChI is InChI=1S/C24H25N3O5S/c1-12-21(13(2)32-26-12)14-9-18-17-8-5-15(24(3,4)29)11-20(17)27(33(30,31)16-6-7-16)22(18)19(10-14)23(25)28/h5,8-11,16,29H,6-7H2,1-4H3,(H2,25,28). The van der Waals surface area contributed by atoms with Crippen LogP contribution in [-0.2, 0) is 15.6 Å². The van der Waals surface area contributed by atoms with Crippen molar-refractivity contribution < 1.29 is 22.8 Å². The van der Waals surface area contributed by atoms with Crippen molar-refractivity contribution >= 4 is 37.7 Å². The van der Waals surface area contributed by atoms with E-state index in [1.54, 1.807) is 52.0 Å². The summed E-state index contributed by atoms with van der Waals surface area (Å²) < 4.78 is 33.7. The van der Waals surface area contributed by atoms with E-state index in [4.69, 9.17) is 10.3 Å². The third-order valence-corrected chi connectivity index (χ3v) is 8.52. The van der Waals surface area contributed by atoms with Crippen molar-refractivity contribution in [3.05, 3.63) is 52.9 Å². The lowest BCUT2D eigenvalue weighted by Crippen LogP contribution is -2.21. The lowest BCUT2D eigenvalue weighted by atomic mass is 9.95. The maximum absolute atomic E-state index is 13.6. The molecule has 1 aliphatic rings. The molecule has 9 heteroatoms. The van der Waals surface area contributed by atoms with Crippen molar-refractivity contribution in [2.75, 3.05) is 0 Å². The van der Waals surface area contributed by atoms with Crippen molar-refractivity contribution in [2.24, 2.45) is 5.73 Å². The van der Waals surface area contributed by atoms with Gasteiger partial charge in [-0.2, -0.15) is 0 Å². The molecule has 1 aliphatic carbocycles. The van der Waals surface area contributed by atoms with Gasteiger partial charge in [0, 0.05) is 16.3 Å². The Hall–Kier alpha value is -3.17. The summed E-state index contributed by atoms with van der Waals surface area (Å²) in [6.45, 7) is 6.86. The summed E-state index contributed by atoms with van der Waals surface area (Å²) in [6, 6.07) is 8.68. The Morgan fingerprint density at radius 3 is 2.42 bits per heavy atom. The molecule has 1 amide bonds. The van der Waals surface area contributed by atoms with Crippen LogP contribution >= 0.6 is 0 Å². The molecule has 1 saturated carbocycles. The number of primary amides is 1. The van der Waals surface area contributed by atoms with E-state index < -0.39 is 26.8 Å². The van der Waals surface area contributed by atoms with Crippen LogP contribution in [0.2, 0.25) is 0 Å². The first-order valence-corrected chi connectivity index (χ1v) is 12.2. The Bertz CT molecular complexity index is 1550. The Balaban J connectivity index is 1.98.